The zero-order chi connectivity index (χ0) is 14.9. The molecule has 7 heteroatoms. The van der Waals surface area contributed by atoms with Crippen LogP contribution in [0.25, 0.3) is 0 Å². The van der Waals surface area contributed by atoms with E-state index in [0.717, 1.165) is 6.26 Å². The molecule has 0 spiro atoms. The number of hydrogen-bond acceptors (Lipinski definition) is 4. The van der Waals surface area contributed by atoms with Crippen LogP contribution in [0.2, 0.25) is 10.0 Å². The van der Waals surface area contributed by atoms with Crippen molar-refractivity contribution in [3.63, 3.8) is 0 Å². The number of benzene rings is 2. The van der Waals surface area contributed by atoms with Gasteiger partial charge in [-0.05, 0) is 24.3 Å². The molecule has 2 N–H and O–H groups in total. The van der Waals surface area contributed by atoms with Crippen LogP contribution in [-0.2, 0) is 9.84 Å². The third kappa shape index (κ3) is 3.36. The van der Waals surface area contributed by atoms with Gasteiger partial charge in [0.2, 0.25) is 0 Å². The first-order valence-electron chi connectivity index (χ1n) is 5.50. The van der Waals surface area contributed by atoms with Gasteiger partial charge in [-0.1, -0.05) is 29.3 Å². The van der Waals surface area contributed by atoms with E-state index in [1.165, 1.54) is 24.3 Å². The van der Waals surface area contributed by atoms with Gasteiger partial charge in [-0.15, -0.1) is 0 Å². The monoisotopic (exact) mass is 331 g/mol. The quantitative estimate of drug-likeness (QED) is 0.869. The van der Waals surface area contributed by atoms with Crippen molar-refractivity contribution >= 4 is 38.7 Å². The molecule has 0 aromatic heterocycles. The summed E-state index contributed by atoms with van der Waals surface area (Å²) in [4.78, 5) is 0.161. The lowest BCUT2D eigenvalue weighted by Gasteiger charge is -2.10. The van der Waals surface area contributed by atoms with E-state index in [2.05, 4.69) is 0 Å². The van der Waals surface area contributed by atoms with E-state index in [-0.39, 0.29) is 4.90 Å². The minimum Gasteiger partial charge on any atom is -0.455 e. The fourth-order valence-electron chi connectivity index (χ4n) is 1.53. The average molecular weight is 332 g/mol. The summed E-state index contributed by atoms with van der Waals surface area (Å²) in [6.45, 7) is 0. The molecule has 106 valence electrons. The van der Waals surface area contributed by atoms with Crippen molar-refractivity contribution in [3.05, 3.63) is 46.4 Å². The first-order chi connectivity index (χ1) is 9.27. The largest absolute Gasteiger partial charge is 0.455 e. The minimum absolute atomic E-state index is 0.161. The number of ether oxygens (including phenoxy) is 1. The first kappa shape index (κ1) is 15.0. The van der Waals surface area contributed by atoms with E-state index in [1.54, 1.807) is 12.1 Å². The minimum atomic E-state index is -3.30. The van der Waals surface area contributed by atoms with Gasteiger partial charge in [0.15, 0.2) is 15.6 Å². The molecule has 20 heavy (non-hydrogen) atoms. The lowest BCUT2D eigenvalue weighted by Crippen LogP contribution is -1.98. The van der Waals surface area contributed by atoms with Crippen molar-refractivity contribution in [2.75, 3.05) is 12.0 Å². The van der Waals surface area contributed by atoms with Gasteiger partial charge >= 0.3 is 0 Å². The Morgan fingerprint density at radius 3 is 2.40 bits per heavy atom. The second-order valence-electron chi connectivity index (χ2n) is 4.15. The summed E-state index contributed by atoms with van der Waals surface area (Å²) in [5.74, 6) is 0.656. The Morgan fingerprint density at radius 2 is 1.75 bits per heavy atom. The van der Waals surface area contributed by atoms with E-state index >= 15 is 0 Å². The summed E-state index contributed by atoms with van der Waals surface area (Å²) in [6.07, 6.45) is 1.12. The van der Waals surface area contributed by atoms with E-state index in [9.17, 15) is 8.42 Å². The lowest BCUT2D eigenvalue weighted by atomic mass is 10.3. The van der Waals surface area contributed by atoms with Crippen molar-refractivity contribution in [1.82, 2.24) is 0 Å². The van der Waals surface area contributed by atoms with Gasteiger partial charge in [0.05, 0.1) is 20.6 Å². The third-order valence-corrected chi connectivity index (χ3v) is 4.35. The maximum Gasteiger partial charge on any atom is 0.175 e. The molecule has 0 atom stereocenters. The smallest absolute Gasteiger partial charge is 0.175 e. The molecule has 0 saturated carbocycles. The van der Waals surface area contributed by atoms with Gasteiger partial charge in [0.25, 0.3) is 0 Å². The van der Waals surface area contributed by atoms with Crippen LogP contribution in [0.4, 0.5) is 5.69 Å². The van der Waals surface area contributed by atoms with Crippen LogP contribution in [0, 0.1) is 0 Å². The molecule has 4 nitrogen and oxygen atoms in total. The third-order valence-electron chi connectivity index (χ3n) is 2.51. The molecule has 0 saturated heterocycles. The summed E-state index contributed by atoms with van der Waals surface area (Å²) in [5.41, 5.74) is 6.09. The molecule has 0 unspecified atom stereocenters. The van der Waals surface area contributed by atoms with Crippen LogP contribution in [0.1, 0.15) is 0 Å². The topological polar surface area (TPSA) is 69.4 Å². The van der Waals surface area contributed by atoms with E-state index in [1.807, 2.05) is 0 Å². The molecule has 2 aromatic carbocycles. The van der Waals surface area contributed by atoms with Crippen LogP contribution in [-0.4, -0.2) is 14.7 Å². The Hall–Kier alpha value is -1.43. The second kappa shape index (κ2) is 5.52. The zero-order valence-electron chi connectivity index (χ0n) is 10.4. The number of rotatable bonds is 3. The maximum atomic E-state index is 11.5. The van der Waals surface area contributed by atoms with Crippen molar-refractivity contribution in [2.24, 2.45) is 0 Å². The highest BCUT2D eigenvalue weighted by molar-refractivity contribution is 7.90. The standard InChI is InChI=1S/C13H11Cl2NO3S/c1-20(17,18)9-4-2-3-8(5-9)19-13-7-11(15)10(14)6-12(13)16/h2-7H,16H2,1H3. The Kier molecular flexibility index (Phi) is 4.13. The Bertz CT molecular complexity index is 760. The highest BCUT2D eigenvalue weighted by atomic mass is 35.5. The highest BCUT2D eigenvalue weighted by Crippen LogP contribution is 2.35. The van der Waals surface area contributed by atoms with Crippen LogP contribution in [0.15, 0.2) is 41.3 Å². The van der Waals surface area contributed by atoms with Crippen molar-refractivity contribution < 1.29 is 13.2 Å². The molecule has 0 aliphatic heterocycles. The van der Waals surface area contributed by atoms with Crippen LogP contribution < -0.4 is 10.5 Å². The van der Waals surface area contributed by atoms with Crippen LogP contribution in [0.5, 0.6) is 11.5 Å². The predicted octanol–water partition coefficient (Wildman–Crippen LogP) is 3.77. The first-order valence-corrected chi connectivity index (χ1v) is 8.14. The normalized spacial score (nSPS) is 11.3. The molecule has 0 amide bonds. The van der Waals surface area contributed by atoms with Gasteiger partial charge in [0.1, 0.15) is 5.75 Å². The van der Waals surface area contributed by atoms with Gasteiger partial charge < -0.3 is 10.5 Å². The summed E-state index contributed by atoms with van der Waals surface area (Å²) in [6, 6.07) is 9.06. The van der Waals surface area contributed by atoms with Crippen molar-refractivity contribution in [1.29, 1.82) is 0 Å². The number of nitrogen functional groups attached to an aromatic ring is 1. The molecule has 2 aromatic rings. The van der Waals surface area contributed by atoms with Gasteiger partial charge in [-0.25, -0.2) is 8.42 Å². The molecule has 0 fully saturated rings. The predicted molar refractivity (Wildman–Crippen MR) is 80.5 cm³/mol. The van der Waals surface area contributed by atoms with E-state index in [0.29, 0.717) is 27.2 Å². The number of halogens is 2. The molecular formula is C13H11Cl2NO3S. The maximum absolute atomic E-state index is 11.5. The molecule has 0 radical (unpaired) electrons. The molecule has 0 bridgehead atoms. The zero-order valence-corrected chi connectivity index (χ0v) is 12.8. The Morgan fingerprint density at radius 1 is 1.10 bits per heavy atom. The molecule has 0 aliphatic rings. The summed E-state index contributed by atoms with van der Waals surface area (Å²) in [7, 11) is -3.30. The fourth-order valence-corrected chi connectivity index (χ4v) is 2.51. The highest BCUT2D eigenvalue weighted by Gasteiger charge is 2.11. The Balaban J connectivity index is 2.38. The van der Waals surface area contributed by atoms with Crippen LogP contribution in [0.3, 0.4) is 0 Å². The molecular weight excluding hydrogens is 321 g/mol. The van der Waals surface area contributed by atoms with Crippen molar-refractivity contribution in [3.8, 4) is 11.5 Å². The lowest BCUT2D eigenvalue weighted by molar-refractivity contribution is 0.483. The number of sulfone groups is 1. The van der Waals surface area contributed by atoms with E-state index in [4.69, 9.17) is 33.7 Å². The van der Waals surface area contributed by atoms with Crippen molar-refractivity contribution in [2.45, 2.75) is 4.90 Å². The number of nitrogens with two attached hydrogens (primary N) is 1. The number of hydrogen-bond donors (Lipinski definition) is 1. The molecule has 2 rings (SSSR count). The molecule has 0 aliphatic carbocycles. The second-order valence-corrected chi connectivity index (χ2v) is 6.98. The summed E-state index contributed by atoms with van der Waals surface area (Å²) < 4.78 is 28.5. The van der Waals surface area contributed by atoms with Gasteiger partial charge in [0, 0.05) is 12.3 Å². The van der Waals surface area contributed by atoms with Crippen LogP contribution >= 0.6 is 23.2 Å². The average Bonchev–Trinajstić information content (AvgIpc) is 2.35. The SMILES string of the molecule is CS(=O)(=O)c1cccc(Oc2cc(Cl)c(Cl)cc2N)c1. The van der Waals surface area contributed by atoms with Gasteiger partial charge in [-0.3, -0.25) is 0 Å². The summed E-state index contributed by atoms with van der Waals surface area (Å²) >= 11 is 11.7. The molecule has 0 heterocycles. The van der Waals surface area contributed by atoms with Gasteiger partial charge in [-0.2, -0.15) is 0 Å². The Labute approximate surface area is 127 Å². The fraction of sp³-hybridized carbons (Fsp3) is 0.0769. The van der Waals surface area contributed by atoms with E-state index < -0.39 is 9.84 Å². The number of anilines is 1. The summed E-state index contributed by atoms with van der Waals surface area (Å²) in [5, 5.41) is 0.622.